The van der Waals surface area contributed by atoms with Crippen LogP contribution in [0.5, 0.6) is 0 Å². The highest BCUT2D eigenvalue weighted by Crippen LogP contribution is 2.26. The molecule has 0 N–H and O–H groups in total. The van der Waals surface area contributed by atoms with E-state index in [-0.39, 0.29) is 5.78 Å². The van der Waals surface area contributed by atoms with Gasteiger partial charge in [-0.05, 0) is 6.07 Å². The third-order valence-electron chi connectivity index (χ3n) is 3.28. The summed E-state index contributed by atoms with van der Waals surface area (Å²) in [7, 11) is 1.95. The smallest absolute Gasteiger partial charge is 0.164 e. The van der Waals surface area contributed by atoms with Gasteiger partial charge in [0.25, 0.3) is 0 Å². The zero-order chi connectivity index (χ0) is 13.2. The number of Topliss-reactive ketones (excluding diaryl/α,β-unsaturated/α-hetero) is 1. The zero-order valence-electron chi connectivity index (χ0n) is 10.7. The molecule has 0 saturated heterocycles. The number of ketones is 1. The Balaban J connectivity index is 1.79. The normalized spacial score (nSPS) is 11.0. The van der Waals surface area contributed by atoms with Crippen LogP contribution in [0.15, 0.2) is 42.0 Å². The van der Waals surface area contributed by atoms with Crippen molar-refractivity contribution in [3.8, 4) is 0 Å². The average Bonchev–Trinajstić information content (AvgIpc) is 3.02. The Morgan fingerprint density at radius 2 is 2.21 bits per heavy atom. The summed E-state index contributed by atoms with van der Waals surface area (Å²) in [5, 5.41) is 3.03. The largest absolute Gasteiger partial charge is 0.338 e. The summed E-state index contributed by atoms with van der Waals surface area (Å²) in [6.07, 6.45) is 4.86. The highest BCUT2D eigenvalue weighted by Gasteiger charge is 2.12. The van der Waals surface area contributed by atoms with Gasteiger partial charge in [0.05, 0.1) is 0 Å². The first kappa shape index (κ1) is 12.1. The maximum Gasteiger partial charge on any atom is 0.164 e. The maximum absolute atomic E-state index is 12.3. The zero-order valence-corrected chi connectivity index (χ0v) is 11.5. The molecule has 0 unspecified atom stereocenters. The number of carbonyl (C=O) groups is 1. The SMILES string of the molecule is Cn1ccnc1CCC(=O)c1csc2ccccc12. The third kappa shape index (κ3) is 2.31. The van der Waals surface area contributed by atoms with E-state index in [0.29, 0.717) is 12.8 Å². The third-order valence-corrected chi connectivity index (χ3v) is 4.24. The fraction of sp³-hybridized carbons (Fsp3) is 0.200. The van der Waals surface area contributed by atoms with Gasteiger partial charge in [-0.1, -0.05) is 18.2 Å². The van der Waals surface area contributed by atoms with Gasteiger partial charge in [0.2, 0.25) is 0 Å². The van der Waals surface area contributed by atoms with Crippen molar-refractivity contribution in [1.82, 2.24) is 9.55 Å². The van der Waals surface area contributed by atoms with E-state index in [2.05, 4.69) is 11.1 Å². The molecule has 1 aromatic carbocycles. The quantitative estimate of drug-likeness (QED) is 0.681. The van der Waals surface area contributed by atoms with E-state index in [1.807, 2.05) is 41.4 Å². The van der Waals surface area contributed by atoms with Gasteiger partial charge in [-0.3, -0.25) is 4.79 Å². The van der Waals surface area contributed by atoms with Gasteiger partial charge in [0, 0.05) is 53.3 Å². The molecule has 4 heteroatoms. The number of rotatable bonds is 4. The fourth-order valence-corrected chi connectivity index (χ4v) is 3.16. The topological polar surface area (TPSA) is 34.9 Å². The lowest BCUT2D eigenvalue weighted by atomic mass is 10.1. The van der Waals surface area contributed by atoms with Crippen LogP contribution in [0.4, 0.5) is 0 Å². The molecule has 19 heavy (non-hydrogen) atoms. The number of benzene rings is 1. The van der Waals surface area contributed by atoms with Crippen molar-refractivity contribution in [1.29, 1.82) is 0 Å². The molecule has 0 atom stereocenters. The lowest BCUT2D eigenvalue weighted by Gasteiger charge is -2.01. The molecule has 0 radical (unpaired) electrons. The monoisotopic (exact) mass is 270 g/mol. The molecule has 0 fully saturated rings. The lowest BCUT2D eigenvalue weighted by Crippen LogP contribution is -2.04. The molecule has 3 aromatic rings. The van der Waals surface area contributed by atoms with Crippen molar-refractivity contribution in [3.63, 3.8) is 0 Å². The summed E-state index contributed by atoms with van der Waals surface area (Å²) in [4.78, 5) is 16.5. The summed E-state index contributed by atoms with van der Waals surface area (Å²) in [5.41, 5.74) is 0.842. The molecule has 0 aliphatic carbocycles. The van der Waals surface area contributed by atoms with Gasteiger partial charge >= 0.3 is 0 Å². The van der Waals surface area contributed by atoms with Gasteiger partial charge in [-0.2, -0.15) is 0 Å². The highest BCUT2D eigenvalue weighted by atomic mass is 32.1. The van der Waals surface area contributed by atoms with Crippen LogP contribution in [-0.2, 0) is 13.5 Å². The first-order chi connectivity index (χ1) is 9.25. The Morgan fingerprint density at radius 1 is 1.37 bits per heavy atom. The molecular weight excluding hydrogens is 256 g/mol. The van der Waals surface area contributed by atoms with Crippen LogP contribution >= 0.6 is 11.3 Å². The Bertz CT molecular complexity index is 726. The molecule has 3 rings (SSSR count). The Labute approximate surface area is 115 Å². The number of hydrogen-bond acceptors (Lipinski definition) is 3. The second kappa shape index (κ2) is 4.97. The standard InChI is InChI=1S/C15H14N2OS/c1-17-9-8-16-15(17)7-6-13(18)12-10-19-14-5-3-2-4-11(12)14/h2-5,8-10H,6-7H2,1H3. The van der Waals surface area contributed by atoms with Gasteiger partial charge in [-0.25, -0.2) is 4.98 Å². The van der Waals surface area contributed by atoms with E-state index in [9.17, 15) is 4.79 Å². The molecule has 0 bridgehead atoms. The minimum absolute atomic E-state index is 0.195. The molecular formula is C15H14N2OS. The number of hydrogen-bond donors (Lipinski definition) is 0. The van der Waals surface area contributed by atoms with E-state index < -0.39 is 0 Å². The minimum Gasteiger partial charge on any atom is -0.338 e. The number of imidazole rings is 1. The van der Waals surface area contributed by atoms with Crippen molar-refractivity contribution >= 4 is 27.2 Å². The second-order valence-electron chi connectivity index (χ2n) is 4.52. The van der Waals surface area contributed by atoms with Gasteiger partial charge < -0.3 is 4.57 Å². The summed E-state index contributed by atoms with van der Waals surface area (Å²) in [6.45, 7) is 0. The predicted octanol–water partition coefficient (Wildman–Crippen LogP) is 3.45. The first-order valence-electron chi connectivity index (χ1n) is 6.21. The van der Waals surface area contributed by atoms with Crippen LogP contribution < -0.4 is 0 Å². The van der Waals surface area contributed by atoms with Crippen molar-refractivity contribution in [2.75, 3.05) is 0 Å². The molecule has 0 spiro atoms. The number of fused-ring (bicyclic) bond motifs is 1. The number of aryl methyl sites for hydroxylation is 2. The van der Waals surface area contributed by atoms with Crippen molar-refractivity contribution < 1.29 is 4.79 Å². The van der Waals surface area contributed by atoms with E-state index >= 15 is 0 Å². The van der Waals surface area contributed by atoms with Crippen LogP contribution in [0.2, 0.25) is 0 Å². The van der Waals surface area contributed by atoms with Gasteiger partial charge in [0.1, 0.15) is 5.82 Å². The van der Waals surface area contributed by atoms with Crippen LogP contribution in [-0.4, -0.2) is 15.3 Å². The second-order valence-corrected chi connectivity index (χ2v) is 5.43. The molecule has 2 heterocycles. The summed E-state index contributed by atoms with van der Waals surface area (Å²) in [6, 6.07) is 8.04. The minimum atomic E-state index is 0.195. The van der Waals surface area contributed by atoms with Crippen LogP contribution in [0.25, 0.3) is 10.1 Å². The number of aromatic nitrogens is 2. The Hall–Kier alpha value is -1.94. The summed E-state index contributed by atoms with van der Waals surface area (Å²) >= 11 is 1.63. The number of nitrogens with zero attached hydrogens (tertiary/aromatic N) is 2. The van der Waals surface area contributed by atoms with E-state index in [1.165, 1.54) is 4.70 Å². The molecule has 96 valence electrons. The highest BCUT2D eigenvalue weighted by molar-refractivity contribution is 7.17. The average molecular weight is 270 g/mol. The number of carbonyl (C=O) groups excluding carboxylic acids is 1. The summed E-state index contributed by atoms with van der Waals surface area (Å²) < 4.78 is 3.13. The van der Waals surface area contributed by atoms with E-state index in [4.69, 9.17) is 0 Å². The Morgan fingerprint density at radius 3 is 3.00 bits per heavy atom. The van der Waals surface area contributed by atoms with Crippen LogP contribution in [0.1, 0.15) is 22.6 Å². The van der Waals surface area contributed by atoms with Gasteiger partial charge in [0.15, 0.2) is 5.78 Å². The lowest BCUT2D eigenvalue weighted by molar-refractivity contribution is 0.0984. The van der Waals surface area contributed by atoms with E-state index in [1.54, 1.807) is 17.5 Å². The molecule has 0 aliphatic heterocycles. The van der Waals surface area contributed by atoms with Crippen LogP contribution in [0, 0.1) is 0 Å². The number of thiophene rings is 1. The molecule has 0 saturated carbocycles. The summed E-state index contributed by atoms with van der Waals surface area (Å²) in [5.74, 6) is 1.15. The van der Waals surface area contributed by atoms with Crippen molar-refractivity contribution in [3.05, 3.63) is 53.4 Å². The molecule has 2 aromatic heterocycles. The van der Waals surface area contributed by atoms with Crippen LogP contribution in [0.3, 0.4) is 0 Å². The van der Waals surface area contributed by atoms with E-state index in [0.717, 1.165) is 16.8 Å². The fourth-order valence-electron chi connectivity index (χ4n) is 2.19. The molecule has 0 aliphatic rings. The molecule has 3 nitrogen and oxygen atoms in total. The first-order valence-corrected chi connectivity index (χ1v) is 7.09. The maximum atomic E-state index is 12.3. The molecule has 0 amide bonds. The predicted molar refractivity (Wildman–Crippen MR) is 77.7 cm³/mol. The van der Waals surface area contributed by atoms with Crippen molar-refractivity contribution in [2.24, 2.45) is 7.05 Å². The van der Waals surface area contributed by atoms with Gasteiger partial charge in [-0.15, -0.1) is 11.3 Å². The Kier molecular flexibility index (Phi) is 3.17. The van der Waals surface area contributed by atoms with Crippen molar-refractivity contribution in [2.45, 2.75) is 12.8 Å².